The summed E-state index contributed by atoms with van der Waals surface area (Å²) in [5.41, 5.74) is 7.40. The van der Waals surface area contributed by atoms with E-state index in [1.807, 2.05) is 43.3 Å². The van der Waals surface area contributed by atoms with Crippen LogP contribution in [0.2, 0.25) is 0 Å². The van der Waals surface area contributed by atoms with Gasteiger partial charge in [0.2, 0.25) is 11.5 Å². The first kappa shape index (κ1) is 29.5. The van der Waals surface area contributed by atoms with Crippen molar-refractivity contribution in [3.05, 3.63) is 112 Å². The van der Waals surface area contributed by atoms with Crippen molar-refractivity contribution in [3.8, 4) is 62.1 Å². The number of phenolic OH excluding ortho intramolecular Hbond substituents is 5. The summed E-state index contributed by atoms with van der Waals surface area (Å²) in [5, 5.41) is 62.0. The second kappa shape index (κ2) is 10.8. The average molecular weight is 631 g/mol. The Morgan fingerprint density at radius 2 is 0.812 bits per heavy atom. The van der Waals surface area contributed by atoms with Gasteiger partial charge >= 0.3 is 0 Å². The number of hydrogen-bond donors (Lipinski definition) is 5. The fourth-order valence-electron chi connectivity index (χ4n) is 7.94. The molecule has 0 spiro atoms. The van der Waals surface area contributed by atoms with Gasteiger partial charge in [-0.2, -0.15) is 0 Å². The molecule has 48 heavy (non-hydrogen) atoms. The number of aryl methyl sites for hydroxylation is 1. The molecular formula is C43H34O5. The van der Waals surface area contributed by atoms with Crippen LogP contribution in [0.15, 0.2) is 84.9 Å². The second-order valence-corrected chi connectivity index (χ2v) is 12.7. The molecule has 0 saturated heterocycles. The van der Waals surface area contributed by atoms with Crippen molar-refractivity contribution in [2.45, 2.75) is 33.6 Å². The molecule has 7 aromatic rings. The highest BCUT2D eigenvalue weighted by Crippen LogP contribution is 2.52. The molecule has 0 bridgehead atoms. The molecule has 5 N–H and O–H groups in total. The van der Waals surface area contributed by atoms with E-state index in [1.54, 1.807) is 6.92 Å². The van der Waals surface area contributed by atoms with E-state index in [0.717, 1.165) is 89.0 Å². The van der Waals surface area contributed by atoms with Crippen LogP contribution >= 0.6 is 0 Å². The third-order valence-corrected chi connectivity index (χ3v) is 10.2. The van der Waals surface area contributed by atoms with Gasteiger partial charge in [-0.3, -0.25) is 0 Å². The molecule has 0 atom stereocenters. The van der Waals surface area contributed by atoms with Crippen LogP contribution in [-0.4, -0.2) is 25.5 Å². The summed E-state index contributed by atoms with van der Waals surface area (Å²) in [6, 6.07) is 28.7. The van der Waals surface area contributed by atoms with Gasteiger partial charge < -0.3 is 25.5 Å². The van der Waals surface area contributed by atoms with E-state index in [0.29, 0.717) is 11.3 Å². The van der Waals surface area contributed by atoms with Crippen molar-refractivity contribution < 1.29 is 25.5 Å². The van der Waals surface area contributed by atoms with Crippen molar-refractivity contribution in [3.63, 3.8) is 0 Å². The van der Waals surface area contributed by atoms with Gasteiger partial charge in [-0.15, -0.1) is 0 Å². The Bertz CT molecular complexity index is 2620. The highest BCUT2D eigenvalue weighted by Gasteiger charge is 2.26. The Labute approximate surface area is 277 Å². The monoisotopic (exact) mass is 630 g/mol. The maximum atomic E-state index is 11.3. The standard InChI is InChI=1S/C43H34O5/c1-22-25-12-4-9-17-34(25)39(44)23(2)35(22)28-20-10-19-27-26(28)18-11-21-29(27)37-30-13-5-7-15-32(30)38(33-16-8-6-14-31(33)37)36-24(3)40(45)42(47)43(48)41(36)46/h4-5,7,9-21,44-48H,6,8H2,1-3H3. The van der Waals surface area contributed by atoms with Crippen LogP contribution in [0.4, 0.5) is 0 Å². The minimum absolute atomic E-state index is 0.279. The highest BCUT2D eigenvalue weighted by atomic mass is 16.3. The van der Waals surface area contributed by atoms with Gasteiger partial charge in [0, 0.05) is 22.1 Å². The molecule has 0 fully saturated rings. The zero-order valence-corrected chi connectivity index (χ0v) is 26.9. The first-order chi connectivity index (χ1) is 23.2. The molecule has 5 nitrogen and oxygen atoms in total. The van der Waals surface area contributed by atoms with Gasteiger partial charge in [0.15, 0.2) is 11.5 Å². The zero-order valence-electron chi connectivity index (χ0n) is 26.9. The lowest BCUT2D eigenvalue weighted by Crippen LogP contribution is -2.31. The fourth-order valence-corrected chi connectivity index (χ4v) is 7.94. The Balaban J connectivity index is 1.49. The van der Waals surface area contributed by atoms with Gasteiger partial charge in [-0.05, 0) is 104 Å². The predicted octanol–water partition coefficient (Wildman–Crippen LogP) is 8.96. The molecule has 0 heterocycles. The van der Waals surface area contributed by atoms with Crippen molar-refractivity contribution in [1.82, 2.24) is 0 Å². The molecule has 0 unspecified atom stereocenters. The van der Waals surface area contributed by atoms with E-state index < -0.39 is 23.0 Å². The molecule has 8 rings (SSSR count). The molecule has 5 heteroatoms. The van der Waals surface area contributed by atoms with Crippen LogP contribution in [0.3, 0.4) is 0 Å². The fraction of sp³-hybridized carbons (Fsp3) is 0.116. The predicted molar refractivity (Wildman–Crippen MR) is 195 cm³/mol. The van der Waals surface area contributed by atoms with Crippen molar-refractivity contribution in [2.75, 3.05) is 0 Å². The van der Waals surface area contributed by atoms with E-state index in [4.69, 9.17) is 0 Å². The van der Waals surface area contributed by atoms with Gasteiger partial charge in [0.1, 0.15) is 5.75 Å². The molecule has 1 aliphatic rings. The summed E-state index contributed by atoms with van der Waals surface area (Å²) < 4.78 is 0. The highest BCUT2D eigenvalue weighted by molar-refractivity contribution is 6.14. The summed E-state index contributed by atoms with van der Waals surface area (Å²) in [6.07, 6.45) is 6.00. The Morgan fingerprint density at radius 3 is 1.44 bits per heavy atom. The molecule has 1 aliphatic carbocycles. The third-order valence-electron chi connectivity index (χ3n) is 10.2. The number of phenols is 5. The van der Waals surface area contributed by atoms with Crippen LogP contribution in [0.5, 0.6) is 28.7 Å². The average Bonchev–Trinajstić information content (AvgIpc) is 3.12. The third kappa shape index (κ3) is 4.04. The van der Waals surface area contributed by atoms with Gasteiger partial charge in [0.05, 0.1) is 0 Å². The quantitative estimate of drug-likeness (QED) is 0.0991. The van der Waals surface area contributed by atoms with Crippen LogP contribution in [0, 0.1) is 20.8 Å². The van der Waals surface area contributed by atoms with Crippen LogP contribution in [0.1, 0.15) is 29.5 Å². The summed E-state index contributed by atoms with van der Waals surface area (Å²) in [7, 11) is 0. The van der Waals surface area contributed by atoms with Crippen LogP contribution in [-0.2, 0) is 0 Å². The molecular weight excluding hydrogens is 596 g/mol. The molecule has 0 radical (unpaired) electrons. The van der Waals surface area contributed by atoms with Crippen molar-refractivity contribution in [2.24, 2.45) is 0 Å². The van der Waals surface area contributed by atoms with E-state index in [9.17, 15) is 25.5 Å². The number of rotatable bonds is 3. The lowest BCUT2D eigenvalue weighted by Gasteiger charge is -2.22. The topological polar surface area (TPSA) is 101 Å². The van der Waals surface area contributed by atoms with E-state index >= 15 is 0 Å². The normalized spacial score (nSPS) is 12.6. The van der Waals surface area contributed by atoms with Crippen molar-refractivity contribution in [1.29, 1.82) is 0 Å². The van der Waals surface area contributed by atoms with Crippen molar-refractivity contribution >= 4 is 44.5 Å². The molecule has 0 aliphatic heterocycles. The molecule has 0 aromatic heterocycles. The van der Waals surface area contributed by atoms with E-state index in [-0.39, 0.29) is 11.1 Å². The summed E-state index contributed by atoms with van der Waals surface area (Å²) >= 11 is 0. The number of benzene rings is 7. The molecule has 0 saturated carbocycles. The molecule has 7 aromatic carbocycles. The summed E-state index contributed by atoms with van der Waals surface area (Å²) in [4.78, 5) is 0. The smallest absolute Gasteiger partial charge is 0.204 e. The van der Waals surface area contributed by atoms with E-state index in [1.165, 1.54) is 0 Å². The SMILES string of the molecule is Cc1c(O)c(O)c(O)c(O)c1-c1c2c(c(-c3cccc4c(-c5c(C)c(O)c6ccccc6c5C)cccc34)c3ccccc13)=CCCC=2. The molecule has 236 valence electrons. The summed E-state index contributed by atoms with van der Waals surface area (Å²) in [5.74, 6) is -2.13. The summed E-state index contributed by atoms with van der Waals surface area (Å²) in [6.45, 7) is 5.74. The maximum absolute atomic E-state index is 11.3. The lowest BCUT2D eigenvalue weighted by atomic mass is 9.82. The largest absolute Gasteiger partial charge is 0.507 e. The van der Waals surface area contributed by atoms with Gasteiger partial charge in [-0.25, -0.2) is 0 Å². The lowest BCUT2D eigenvalue weighted by molar-refractivity contribution is 0.345. The number of hydrogen-bond acceptors (Lipinski definition) is 5. The van der Waals surface area contributed by atoms with Gasteiger partial charge in [0.25, 0.3) is 0 Å². The Hall–Kier alpha value is -5.94. The van der Waals surface area contributed by atoms with Crippen LogP contribution in [0.25, 0.3) is 77.9 Å². The minimum atomic E-state index is -0.748. The Kier molecular flexibility index (Phi) is 6.64. The second-order valence-electron chi connectivity index (χ2n) is 12.7. The van der Waals surface area contributed by atoms with E-state index in [2.05, 4.69) is 67.6 Å². The minimum Gasteiger partial charge on any atom is -0.507 e. The first-order valence-electron chi connectivity index (χ1n) is 16.2. The number of fused-ring (bicyclic) bond motifs is 4. The molecule has 0 amide bonds. The number of aromatic hydroxyl groups is 5. The maximum Gasteiger partial charge on any atom is 0.204 e. The zero-order chi connectivity index (χ0) is 33.4. The first-order valence-corrected chi connectivity index (χ1v) is 16.2. The van der Waals surface area contributed by atoms with Crippen LogP contribution < -0.4 is 10.4 Å². The Morgan fingerprint density at radius 1 is 0.354 bits per heavy atom. The van der Waals surface area contributed by atoms with Gasteiger partial charge in [-0.1, -0.05) is 97.1 Å².